The number of benzene rings is 2. The normalized spacial score (nSPS) is 10.0. The monoisotopic (exact) mass is 306 g/mol. The highest BCUT2D eigenvalue weighted by molar-refractivity contribution is 6.43. The third-order valence-corrected chi connectivity index (χ3v) is 3.13. The maximum absolute atomic E-state index is 13.0. The van der Waals surface area contributed by atoms with Crippen molar-refractivity contribution in [2.75, 3.05) is 10.6 Å². The zero-order valence-electron chi connectivity index (χ0n) is 11.1. The lowest BCUT2D eigenvalue weighted by Crippen LogP contribution is -2.29. The third-order valence-electron chi connectivity index (χ3n) is 2.72. The van der Waals surface area contributed by atoms with E-state index >= 15 is 0 Å². The molecule has 0 spiro atoms. The molecule has 0 bridgehead atoms. The topological polar surface area (TPSA) is 58.2 Å². The first-order chi connectivity index (χ1) is 9.95. The van der Waals surface area contributed by atoms with Crippen LogP contribution in [0.2, 0.25) is 5.02 Å². The molecule has 0 aliphatic heterocycles. The fourth-order valence-electron chi connectivity index (χ4n) is 1.61. The van der Waals surface area contributed by atoms with Crippen LogP contribution < -0.4 is 10.6 Å². The van der Waals surface area contributed by atoms with Gasteiger partial charge >= 0.3 is 11.8 Å². The highest BCUT2D eigenvalue weighted by atomic mass is 35.5. The van der Waals surface area contributed by atoms with Crippen molar-refractivity contribution in [2.45, 2.75) is 6.92 Å². The molecule has 0 unspecified atom stereocenters. The first-order valence-corrected chi connectivity index (χ1v) is 6.47. The number of hydrogen-bond acceptors (Lipinski definition) is 2. The van der Waals surface area contributed by atoms with Crippen molar-refractivity contribution >= 4 is 34.8 Å². The summed E-state index contributed by atoms with van der Waals surface area (Å²) >= 11 is 5.93. The number of carbonyl (C=O) groups excluding carboxylic acids is 2. The molecule has 108 valence electrons. The lowest BCUT2D eigenvalue weighted by Gasteiger charge is -2.07. The van der Waals surface area contributed by atoms with Gasteiger partial charge in [-0.15, -0.1) is 0 Å². The predicted molar refractivity (Wildman–Crippen MR) is 79.8 cm³/mol. The van der Waals surface area contributed by atoms with Gasteiger partial charge in [0.25, 0.3) is 0 Å². The molecule has 6 heteroatoms. The van der Waals surface area contributed by atoms with Crippen molar-refractivity contribution in [1.29, 1.82) is 0 Å². The van der Waals surface area contributed by atoms with E-state index in [4.69, 9.17) is 11.6 Å². The largest absolute Gasteiger partial charge is 0.318 e. The van der Waals surface area contributed by atoms with Gasteiger partial charge in [-0.05, 0) is 42.8 Å². The molecule has 0 saturated carbocycles. The molecule has 0 atom stereocenters. The maximum atomic E-state index is 13.0. The van der Waals surface area contributed by atoms with E-state index in [1.165, 1.54) is 18.2 Å². The Morgan fingerprint density at radius 2 is 1.62 bits per heavy atom. The van der Waals surface area contributed by atoms with E-state index in [9.17, 15) is 14.0 Å². The van der Waals surface area contributed by atoms with Crippen LogP contribution in [0.1, 0.15) is 5.56 Å². The minimum Gasteiger partial charge on any atom is -0.318 e. The molecule has 2 amide bonds. The quantitative estimate of drug-likeness (QED) is 0.836. The molecular weight excluding hydrogens is 295 g/mol. The summed E-state index contributed by atoms with van der Waals surface area (Å²) in [7, 11) is 0. The molecule has 4 nitrogen and oxygen atoms in total. The molecule has 2 aromatic rings. The SMILES string of the molecule is Cc1ccc(NC(=O)C(=O)Nc2cccc(F)c2)cc1Cl. The second kappa shape index (κ2) is 6.37. The van der Waals surface area contributed by atoms with Gasteiger partial charge in [0, 0.05) is 16.4 Å². The standard InChI is InChI=1S/C15H12ClFN2O2/c1-9-5-6-12(8-13(9)16)19-15(21)14(20)18-11-4-2-3-10(17)7-11/h2-8H,1H3,(H,18,20)(H,19,21). The van der Waals surface area contributed by atoms with Crippen LogP contribution in [0.3, 0.4) is 0 Å². The van der Waals surface area contributed by atoms with E-state index in [0.717, 1.165) is 11.6 Å². The average molecular weight is 307 g/mol. The summed E-state index contributed by atoms with van der Waals surface area (Å²) in [6.07, 6.45) is 0. The summed E-state index contributed by atoms with van der Waals surface area (Å²) in [4.78, 5) is 23.4. The fraction of sp³-hybridized carbons (Fsp3) is 0.0667. The highest BCUT2D eigenvalue weighted by Gasteiger charge is 2.14. The minimum absolute atomic E-state index is 0.206. The molecular formula is C15H12ClFN2O2. The molecule has 0 heterocycles. The molecule has 0 aromatic heterocycles. The predicted octanol–water partition coefficient (Wildman–Crippen LogP) is 3.36. The van der Waals surface area contributed by atoms with Crippen LogP contribution in [0.4, 0.5) is 15.8 Å². The van der Waals surface area contributed by atoms with Crippen molar-refractivity contribution in [3.63, 3.8) is 0 Å². The Bertz CT molecular complexity index is 704. The number of nitrogens with one attached hydrogen (secondary N) is 2. The molecule has 0 fully saturated rings. The van der Waals surface area contributed by atoms with Gasteiger partial charge in [-0.3, -0.25) is 9.59 Å². The highest BCUT2D eigenvalue weighted by Crippen LogP contribution is 2.20. The Morgan fingerprint density at radius 3 is 2.19 bits per heavy atom. The lowest BCUT2D eigenvalue weighted by molar-refractivity contribution is -0.133. The smallest absolute Gasteiger partial charge is 0.314 e. The van der Waals surface area contributed by atoms with E-state index in [2.05, 4.69) is 10.6 Å². The van der Waals surface area contributed by atoms with Crippen LogP contribution in [0.25, 0.3) is 0 Å². The number of carbonyl (C=O) groups is 2. The van der Waals surface area contributed by atoms with E-state index in [1.54, 1.807) is 18.2 Å². The Labute approximate surface area is 125 Å². The summed E-state index contributed by atoms with van der Waals surface area (Å²) in [5.74, 6) is -2.25. The van der Waals surface area contributed by atoms with Crippen molar-refractivity contribution in [2.24, 2.45) is 0 Å². The van der Waals surface area contributed by atoms with Crippen LogP contribution in [0, 0.1) is 12.7 Å². The molecule has 2 aromatic carbocycles. The number of aryl methyl sites for hydroxylation is 1. The van der Waals surface area contributed by atoms with Gasteiger partial charge in [-0.2, -0.15) is 0 Å². The zero-order valence-corrected chi connectivity index (χ0v) is 11.9. The van der Waals surface area contributed by atoms with Crippen LogP contribution >= 0.6 is 11.6 Å². The molecule has 21 heavy (non-hydrogen) atoms. The number of hydrogen-bond donors (Lipinski definition) is 2. The van der Waals surface area contributed by atoms with Gasteiger partial charge in [0.05, 0.1) is 0 Å². The van der Waals surface area contributed by atoms with Gasteiger partial charge in [0.15, 0.2) is 0 Å². The molecule has 0 radical (unpaired) electrons. The molecule has 2 rings (SSSR count). The van der Waals surface area contributed by atoms with E-state index in [0.29, 0.717) is 10.7 Å². The van der Waals surface area contributed by atoms with E-state index < -0.39 is 17.6 Å². The molecule has 0 aliphatic rings. The number of rotatable bonds is 2. The number of halogens is 2. The Balaban J connectivity index is 2.02. The van der Waals surface area contributed by atoms with E-state index in [-0.39, 0.29) is 5.69 Å². The zero-order chi connectivity index (χ0) is 15.4. The van der Waals surface area contributed by atoms with Crippen LogP contribution in [-0.4, -0.2) is 11.8 Å². The first-order valence-electron chi connectivity index (χ1n) is 6.10. The lowest BCUT2D eigenvalue weighted by atomic mass is 10.2. The number of amides is 2. The van der Waals surface area contributed by atoms with Crippen LogP contribution in [0.5, 0.6) is 0 Å². The molecule has 0 aliphatic carbocycles. The first kappa shape index (κ1) is 15.0. The second-order valence-corrected chi connectivity index (χ2v) is 4.79. The van der Waals surface area contributed by atoms with Crippen molar-refractivity contribution in [1.82, 2.24) is 0 Å². The van der Waals surface area contributed by atoms with Crippen molar-refractivity contribution < 1.29 is 14.0 Å². The fourth-order valence-corrected chi connectivity index (χ4v) is 1.79. The van der Waals surface area contributed by atoms with E-state index in [1.807, 2.05) is 6.92 Å². The Kier molecular flexibility index (Phi) is 4.55. The van der Waals surface area contributed by atoms with Crippen LogP contribution in [0.15, 0.2) is 42.5 Å². The molecule has 2 N–H and O–H groups in total. The van der Waals surface area contributed by atoms with Crippen LogP contribution in [-0.2, 0) is 9.59 Å². The second-order valence-electron chi connectivity index (χ2n) is 4.38. The van der Waals surface area contributed by atoms with Gasteiger partial charge in [-0.1, -0.05) is 23.7 Å². The summed E-state index contributed by atoms with van der Waals surface area (Å²) in [5, 5.41) is 5.20. The average Bonchev–Trinajstić information content (AvgIpc) is 2.43. The summed E-state index contributed by atoms with van der Waals surface area (Å²) < 4.78 is 13.0. The van der Waals surface area contributed by atoms with Gasteiger partial charge < -0.3 is 10.6 Å². The van der Waals surface area contributed by atoms with Gasteiger partial charge in [0.1, 0.15) is 5.82 Å². The summed E-state index contributed by atoms with van der Waals surface area (Å²) in [6.45, 7) is 1.82. The summed E-state index contributed by atoms with van der Waals surface area (Å²) in [5.41, 5.74) is 1.47. The van der Waals surface area contributed by atoms with Crippen molar-refractivity contribution in [3.8, 4) is 0 Å². The maximum Gasteiger partial charge on any atom is 0.314 e. The molecule has 0 saturated heterocycles. The van der Waals surface area contributed by atoms with Gasteiger partial charge in [-0.25, -0.2) is 4.39 Å². The Hall–Kier alpha value is -2.40. The minimum atomic E-state index is -0.891. The summed E-state index contributed by atoms with van der Waals surface area (Å²) in [6, 6.07) is 10.2. The van der Waals surface area contributed by atoms with Crippen molar-refractivity contribution in [3.05, 3.63) is 58.9 Å². The third kappa shape index (κ3) is 4.03. The number of anilines is 2. The Morgan fingerprint density at radius 1 is 1.00 bits per heavy atom. The van der Waals surface area contributed by atoms with Gasteiger partial charge in [0.2, 0.25) is 0 Å².